The van der Waals surface area contributed by atoms with Gasteiger partial charge in [0.2, 0.25) is 0 Å². The minimum atomic E-state index is -0.751. The molecule has 0 bridgehead atoms. The third-order valence-corrected chi connectivity index (χ3v) is 2.55. The molecule has 2 rings (SSSR count). The first-order chi connectivity index (χ1) is 7.18. The molecule has 3 heteroatoms. The molecule has 0 fully saturated rings. The molecule has 0 aliphatic heterocycles. The molecule has 2 aromatic rings. The number of benzene rings is 1. The maximum Gasteiger partial charge on any atom is 0.193 e. The van der Waals surface area contributed by atoms with Gasteiger partial charge >= 0.3 is 0 Å². The van der Waals surface area contributed by atoms with Gasteiger partial charge in [0.05, 0.1) is 0 Å². The fourth-order valence-corrected chi connectivity index (χ4v) is 1.67. The van der Waals surface area contributed by atoms with Gasteiger partial charge in [0, 0.05) is 0 Å². The highest BCUT2D eigenvalue weighted by atomic mass is 35.5. The highest BCUT2D eigenvalue weighted by Gasteiger charge is 2.15. The Morgan fingerprint density at radius 1 is 1.20 bits per heavy atom. The zero-order chi connectivity index (χ0) is 10.8. The third-order valence-electron chi connectivity index (χ3n) is 2.35. The van der Waals surface area contributed by atoms with E-state index in [1.807, 2.05) is 31.2 Å². The summed E-state index contributed by atoms with van der Waals surface area (Å²) < 4.78 is 5.17. The zero-order valence-electron chi connectivity index (χ0n) is 8.27. The van der Waals surface area contributed by atoms with Gasteiger partial charge in [-0.1, -0.05) is 24.3 Å². The van der Waals surface area contributed by atoms with Gasteiger partial charge in [0.15, 0.2) is 5.22 Å². The van der Waals surface area contributed by atoms with E-state index in [0.717, 1.165) is 11.1 Å². The average Bonchev–Trinajstić information content (AvgIpc) is 2.65. The molecule has 0 spiro atoms. The van der Waals surface area contributed by atoms with Crippen molar-refractivity contribution in [1.29, 1.82) is 0 Å². The maximum atomic E-state index is 10.0. The maximum absolute atomic E-state index is 10.0. The lowest BCUT2D eigenvalue weighted by Crippen LogP contribution is -2.00. The molecular formula is C12H11ClO2. The molecule has 0 radical (unpaired) electrons. The number of hydrogen-bond donors (Lipinski definition) is 1. The van der Waals surface area contributed by atoms with Crippen LogP contribution in [-0.4, -0.2) is 5.11 Å². The largest absolute Gasteiger partial charge is 0.447 e. The van der Waals surface area contributed by atoms with E-state index < -0.39 is 6.10 Å². The van der Waals surface area contributed by atoms with Crippen LogP contribution in [-0.2, 0) is 0 Å². The summed E-state index contributed by atoms with van der Waals surface area (Å²) in [7, 11) is 0. The van der Waals surface area contributed by atoms with Crippen molar-refractivity contribution in [3.63, 3.8) is 0 Å². The van der Waals surface area contributed by atoms with Crippen LogP contribution in [0.25, 0.3) is 0 Å². The van der Waals surface area contributed by atoms with Crippen molar-refractivity contribution >= 4 is 11.6 Å². The Bertz CT molecular complexity index is 462. The van der Waals surface area contributed by atoms with Crippen molar-refractivity contribution in [1.82, 2.24) is 0 Å². The molecule has 1 N–H and O–H groups in total. The van der Waals surface area contributed by atoms with Gasteiger partial charge in [-0.05, 0) is 41.8 Å². The third kappa shape index (κ3) is 2.06. The Morgan fingerprint density at radius 2 is 1.93 bits per heavy atom. The Labute approximate surface area is 93.1 Å². The van der Waals surface area contributed by atoms with Crippen LogP contribution in [0.2, 0.25) is 5.22 Å². The van der Waals surface area contributed by atoms with Crippen LogP contribution in [0.15, 0.2) is 40.8 Å². The van der Waals surface area contributed by atoms with Crippen LogP contribution >= 0.6 is 11.6 Å². The summed E-state index contributed by atoms with van der Waals surface area (Å²) in [5.41, 5.74) is 1.86. The predicted molar refractivity (Wildman–Crippen MR) is 59.0 cm³/mol. The summed E-state index contributed by atoms with van der Waals surface area (Å²) in [6.45, 7) is 1.95. The summed E-state index contributed by atoms with van der Waals surface area (Å²) in [6, 6.07) is 10.9. The Kier molecular flexibility index (Phi) is 2.80. The summed E-state index contributed by atoms with van der Waals surface area (Å²) in [5.74, 6) is 0.467. The molecule has 0 saturated carbocycles. The van der Waals surface area contributed by atoms with Crippen LogP contribution < -0.4 is 0 Å². The standard InChI is InChI=1S/C12H11ClO2/c1-8-4-2-3-5-9(8)12(14)10-6-7-11(13)15-10/h2-7,12,14H,1H3. The monoisotopic (exact) mass is 222 g/mol. The minimum absolute atomic E-state index is 0.289. The smallest absolute Gasteiger partial charge is 0.193 e. The number of aryl methyl sites for hydroxylation is 1. The van der Waals surface area contributed by atoms with Gasteiger partial charge in [0.25, 0.3) is 0 Å². The molecule has 2 nitrogen and oxygen atoms in total. The minimum Gasteiger partial charge on any atom is -0.447 e. The first-order valence-corrected chi connectivity index (χ1v) is 5.05. The molecule has 1 heterocycles. The number of halogens is 1. The van der Waals surface area contributed by atoms with Gasteiger partial charge in [-0.2, -0.15) is 0 Å². The molecule has 78 valence electrons. The van der Waals surface area contributed by atoms with E-state index in [-0.39, 0.29) is 5.22 Å². The topological polar surface area (TPSA) is 33.4 Å². The van der Waals surface area contributed by atoms with Crippen LogP contribution in [0.1, 0.15) is 23.0 Å². The van der Waals surface area contributed by atoms with Gasteiger partial charge in [-0.25, -0.2) is 0 Å². The number of rotatable bonds is 2. The van der Waals surface area contributed by atoms with Gasteiger partial charge in [-0.3, -0.25) is 0 Å². The first kappa shape index (κ1) is 10.3. The van der Waals surface area contributed by atoms with Crippen LogP contribution in [0.5, 0.6) is 0 Å². The molecule has 0 aliphatic rings. The molecular weight excluding hydrogens is 212 g/mol. The normalized spacial score (nSPS) is 12.7. The molecule has 1 atom stereocenters. The fraction of sp³-hybridized carbons (Fsp3) is 0.167. The lowest BCUT2D eigenvalue weighted by atomic mass is 10.0. The number of hydrogen-bond acceptors (Lipinski definition) is 2. The zero-order valence-corrected chi connectivity index (χ0v) is 9.03. The number of aliphatic hydroxyl groups excluding tert-OH is 1. The molecule has 0 saturated heterocycles. The lowest BCUT2D eigenvalue weighted by molar-refractivity contribution is 0.189. The fourth-order valence-electron chi connectivity index (χ4n) is 1.52. The van der Waals surface area contributed by atoms with E-state index in [4.69, 9.17) is 16.0 Å². The van der Waals surface area contributed by atoms with E-state index in [1.54, 1.807) is 12.1 Å². The number of aliphatic hydroxyl groups is 1. The first-order valence-electron chi connectivity index (χ1n) is 4.67. The molecule has 1 aromatic carbocycles. The van der Waals surface area contributed by atoms with E-state index in [9.17, 15) is 5.11 Å². The second-order valence-corrected chi connectivity index (χ2v) is 3.77. The van der Waals surface area contributed by atoms with Crippen molar-refractivity contribution in [3.05, 3.63) is 58.5 Å². The second-order valence-electron chi connectivity index (χ2n) is 3.40. The van der Waals surface area contributed by atoms with Gasteiger partial charge in [0.1, 0.15) is 11.9 Å². The van der Waals surface area contributed by atoms with Crippen molar-refractivity contribution < 1.29 is 9.52 Å². The summed E-state index contributed by atoms with van der Waals surface area (Å²) >= 11 is 5.65. The van der Waals surface area contributed by atoms with E-state index >= 15 is 0 Å². The summed E-state index contributed by atoms with van der Waals surface area (Å²) in [4.78, 5) is 0. The highest BCUT2D eigenvalue weighted by Crippen LogP contribution is 2.27. The number of furan rings is 1. The van der Waals surface area contributed by atoms with Crippen LogP contribution in [0, 0.1) is 6.92 Å². The molecule has 15 heavy (non-hydrogen) atoms. The van der Waals surface area contributed by atoms with Crippen molar-refractivity contribution in [2.45, 2.75) is 13.0 Å². The second kappa shape index (κ2) is 4.09. The van der Waals surface area contributed by atoms with E-state index in [2.05, 4.69) is 0 Å². The van der Waals surface area contributed by atoms with Crippen LogP contribution in [0.4, 0.5) is 0 Å². The van der Waals surface area contributed by atoms with Crippen molar-refractivity contribution in [3.8, 4) is 0 Å². The molecule has 1 aromatic heterocycles. The summed E-state index contributed by atoms with van der Waals surface area (Å²) in [6.07, 6.45) is -0.751. The Hall–Kier alpha value is -1.25. The van der Waals surface area contributed by atoms with Crippen LogP contribution in [0.3, 0.4) is 0 Å². The summed E-state index contributed by atoms with van der Waals surface area (Å²) in [5, 5.41) is 10.3. The molecule has 1 unspecified atom stereocenters. The van der Waals surface area contributed by atoms with Gasteiger partial charge in [-0.15, -0.1) is 0 Å². The average molecular weight is 223 g/mol. The van der Waals surface area contributed by atoms with E-state index in [1.165, 1.54) is 0 Å². The Balaban J connectivity index is 2.36. The van der Waals surface area contributed by atoms with Crippen molar-refractivity contribution in [2.24, 2.45) is 0 Å². The van der Waals surface area contributed by atoms with Gasteiger partial charge < -0.3 is 9.52 Å². The lowest BCUT2D eigenvalue weighted by Gasteiger charge is -2.10. The quantitative estimate of drug-likeness (QED) is 0.846. The van der Waals surface area contributed by atoms with Crippen molar-refractivity contribution in [2.75, 3.05) is 0 Å². The highest BCUT2D eigenvalue weighted by molar-refractivity contribution is 6.28. The Morgan fingerprint density at radius 3 is 2.53 bits per heavy atom. The molecule has 0 amide bonds. The molecule has 0 aliphatic carbocycles. The predicted octanol–water partition coefficient (Wildman–Crippen LogP) is 3.32. The SMILES string of the molecule is Cc1ccccc1C(O)c1ccc(Cl)o1. The van der Waals surface area contributed by atoms with E-state index in [0.29, 0.717) is 5.76 Å².